The quantitative estimate of drug-likeness (QED) is 0.591. The Labute approximate surface area is 191 Å². The molecule has 9 heteroatoms. The molecular weight excluding hydrogens is 446 g/mol. The Kier molecular flexibility index (Phi) is 6.90. The normalized spacial score (nSPS) is 14.8. The molecule has 2 aromatic carbocycles. The molecule has 3 aromatic rings. The van der Waals surface area contributed by atoms with Crippen LogP contribution in [0, 0.1) is 6.92 Å². The van der Waals surface area contributed by atoms with Crippen molar-refractivity contribution in [3.63, 3.8) is 0 Å². The van der Waals surface area contributed by atoms with E-state index in [4.69, 9.17) is 4.74 Å². The second-order valence-corrected chi connectivity index (χ2v) is 10.2. The van der Waals surface area contributed by atoms with Crippen molar-refractivity contribution in [3.05, 3.63) is 78.0 Å². The number of amides is 1. The van der Waals surface area contributed by atoms with Gasteiger partial charge in [0.1, 0.15) is 5.03 Å². The predicted molar refractivity (Wildman–Crippen MR) is 124 cm³/mol. The number of carbonyl (C=O) groups is 1. The van der Waals surface area contributed by atoms with Crippen LogP contribution in [0.1, 0.15) is 15.9 Å². The Hall–Kier alpha value is -2.72. The summed E-state index contributed by atoms with van der Waals surface area (Å²) in [6.45, 7) is 3.12. The van der Waals surface area contributed by atoms with Crippen LogP contribution in [-0.2, 0) is 14.8 Å². The summed E-state index contributed by atoms with van der Waals surface area (Å²) in [7, 11) is -3.68. The second kappa shape index (κ2) is 9.83. The third-order valence-corrected chi connectivity index (χ3v) is 8.07. The number of ether oxygens (including phenoxy) is 1. The molecule has 7 nitrogen and oxygen atoms in total. The van der Waals surface area contributed by atoms with Crippen molar-refractivity contribution in [2.75, 3.05) is 31.6 Å². The molecule has 1 aliphatic heterocycles. The predicted octanol–water partition coefficient (Wildman–Crippen LogP) is 3.81. The highest BCUT2D eigenvalue weighted by molar-refractivity contribution is 7.99. The first-order chi connectivity index (χ1) is 15.4. The molecule has 0 aliphatic carbocycles. The number of morpholine rings is 1. The van der Waals surface area contributed by atoms with E-state index in [1.54, 1.807) is 37.4 Å². The van der Waals surface area contributed by atoms with Gasteiger partial charge in [-0.15, -0.1) is 0 Å². The lowest BCUT2D eigenvalue weighted by molar-refractivity contribution is 0.0730. The van der Waals surface area contributed by atoms with Crippen LogP contribution in [-0.4, -0.2) is 49.9 Å². The van der Waals surface area contributed by atoms with Crippen LogP contribution in [0.25, 0.3) is 0 Å². The van der Waals surface area contributed by atoms with Crippen LogP contribution in [0.15, 0.2) is 81.7 Å². The summed E-state index contributed by atoms with van der Waals surface area (Å²) in [6.07, 6.45) is 1.64. The van der Waals surface area contributed by atoms with Gasteiger partial charge in [0.25, 0.3) is 5.91 Å². The van der Waals surface area contributed by atoms with Gasteiger partial charge in [0, 0.05) is 29.9 Å². The number of rotatable bonds is 6. The van der Waals surface area contributed by atoms with Crippen LogP contribution in [0.4, 0.5) is 5.69 Å². The van der Waals surface area contributed by atoms with Crippen molar-refractivity contribution in [1.29, 1.82) is 0 Å². The Balaban J connectivity index is 1.58. The van der Waals surface area contributed by atoms with E-state index in [9.17, 15) is 13.2 Å². The van der Waals surface area contributed by atoms with E-state index < -0.39 is 10.0 Å². The Morgan fingerprint density at radius 2 is 1.81 bits per heavy atom. The van der Waals surface area contributed by atoms with Gasteiger partial charge in [-0.25, -0.2) is 13.4 Å². The smallest absolute Gasteiger partial charge is 0.258 e. The lowest BCUT2D eigenvalue weighted by Crippen LogP contribution is -2.40. The largest absolute Gasteiger partial charge is 0.379 e. The van der Waals surface area contributed by atoms with E-state index in [0.717, 1.165) is 4.90 Å². The molecule has 2 heterocycles. The van der Waals surface area contributed by atoms with Crippen molar-refractivity contribution < 1.29 is 17.9 Å². The van der Waals surface area contributed by atoms with Gasteiger partial charge in [0.15, 0.2) is 0 Å². The molecule has 1 aromatic heterocycles. The number of benzene rings is 2. The van der Waals surface area contributed by atoms with Crippen LogP contribution < -0.4 is 5.32 Å². The third kappa shape index (κ3) is 5.02. The summed E-state index contributed by atoms with van der Waals surface area (Å²) in [5, 5.41) is 3.40. The molecule has 32 heavy (non-hydrogen) atoms. The van der Waals surface area contributed by atoms with Crippen LogP contribution in [0.2, 0.25) is 0 Å². The summed E-state index contributed by atoms with van der Waals surface area (Å²) in [5.74, 6) is -0.352. The van der Waals surface area contributed by atoms with Gasteiger partial charge in [0.2, 0.25) is 10.0 Å². The molecule has 0 saturated carbocycles. The zero-order valence-electron chi connectivity index (χ0n) is 17.5. The molecule has 0 spiro atoms. The van der Waals surface area contributed by atoms with Crippen molar-refractivity contribution in [2.45, 2.75) is 21.7 Å². The minimum absolute atomic E-state index is 0.183. The van der Waals surface area contributed by atoms with Gasteiger partial charge < -0.3 is 10.1 Å². The minimum Gasteiger partial charge on any atom is -0.379 e. The minimum atomic E-state index is -3.68. The Bertz CT molecular complexity index is 1210. The summed E-state index contributed by atoms with van der Waals surface area (Å²) in [5.41, 5.74) is 1.45. The summed E-state index contributed by atoms with van der Waals surface area (Å²) in [6, 6.07) is 18.0. The zero-order chi connectivity index (χ0) is 22.6. The van der Waals surface area contributed by atoms with Crippen LogP contribution in [0.5, 0.6) is 0 Å². The number of hydrogen-bond acceptors (Lipinski definition) is 6. The number of aromatic nitrogens is 1. The maximum Gasteiger partial charge on any atom is 0.258 e. The third-order valence-electron chi connectivity index (χ3n) is 5.01. The second-order valence-electron chi connectivity index (χ2n) is 7.22. The van der Waals surface area contributed by atoms with Gasteiger partial charge >= 0.3 is 0 Å². The van der Waals surface area contributed by atoms with E-state index in [1.165, 1.54) is 22.1 Å². The molecule has 1 amide bonds. The van der Waals surface area contributed by atoms with Gasteiger partial charge in [-0.3, -0.25) is 4.79 Å². The van der Waals surface area contributed by atoms with Gasteiger partial charge in [-0.2, -0.15) is 4.31 Å². The monoisotopic (exact) mass is 469 g/mol. The van der Waals surface area contributed by atoms with Crippen LogP contribution in [0.3, 0.4) is 0 Å². The molecule has 0 atom stereocenters. The number of sulfonamides is 1. The van der Waals surface area contributed by atoms with Crippen molar-refractivity contribution in [2.24, 2.45) is 0 Å². The standard InChI is InChI=1S/C23H23N3O4S2/c1-17-9-10-18(16-21(17)32(28,29)26-12-14-30-15-13-26)25-22(27)20-8-5-11-24-23(20)31-19-6-3-2-4-7-19/h2-11,16H,12-15H2,1H3,(H,25,27). The number of pyridine rings is 1. The van der Waals surface area contributed by atoms with E-state index in [1.807, 2.05) is 30.3 Å². The van der Waals surface area contributed by atoms with Gasteiger partial charge in [-0.05, 0) is 48.9 Å². The highest BCUT2D eigenvalue weighted by Gasteiger charge is 2.28. The molecule has 1 saturated heterocycles. The molecule has 0 unspecified atom stereocenters. The van der Waals surface area contributed by atoms with E-state index in [0.29, 0.717) is 48.1 Å². The first kappa shape index (κ1) is 22.5. The molecule has 166 valence electrons. The number of nitrogens with one attached hydrogen (secondary N) is 1. The van der Waals surface area contributed by atoms with Crippen molar-refractivity contribution >= 4 is 33.4 Å². The first-order valence-corrected chi connectivity index (χ1v) is 12.4. The fraction of sp³-hybridized carbons (Fsp3) is 0.217. The number of carbonyl (C=O) groups excluding carboxylic acids is 1. The highest BCUT2D eigenvalue weighted by Crippen LogP contribution is 2.29. The van der Waals surface area contributed by atoms with E-state index in [-0.39, 0.29) is 10.8 Å². The molecule has 1 fully saturated rings. The topological polar surface area (TPSA) is 88.6 Å². The molecular formula is C23H23N3O4S2. The number of aryl methyl sites for hydroxylation is 1. The van der Waals surface area contributed by atoms with Gasteiger partial charge in [-0.1, -0.05) is 36.0 Å². The maximum absolute atomic E-state index is 13.1. The zero-order valence-corrected chi connectivity index (χ0v) is 19.2. The number of nitrogens with zero attached hydrogens (tertiary/aromatic N) is 2. The van der Waals surface area contributed by atoms with Crippen LogP contribution >= 0.6 is 11.8 Å². The van der Waals surface area contributed by atoms with E-state index >= 15 is 0 Å². The molecule has 0 bridgehead atoms. The fourth-order valence-corrected chi connectivity index (χ4v) is 5.88. The lowest BCUT2D eigenvalue weighted by atomic mass is 10.2. The highest BCUT2D eigenvalue weighted by atomic mass is 32.2. The molecule has 1 aliphatic rings. The fourth-order valence-electron chi connectivity index (χ4n) is 3.33. The maximum atomic E-state index is 13.1. The summed E-state index contributed by atoms with van der Waals surface area (Å²) < 4.78 is 32.9. The van der Waals surface area contributed by atoms with Crippen molar-refractivity contribution in [1.82, 2.24) is 9.29 Å². The summed E-state index contributed by atoms with van der Waals surface area (Å²) in [4.78, 5) is 18.5. The SMILES string of the molecule is Cc1ccc(NC(=O)c2cccnc2Sc2ccccc2)cc1S(=O)(=O)N1CCOCC1. The Morgan fingerprint density at radius 1 is 1.06 bits per heavy atom. The number of anilines is 1. The number of hydrogen-bond donors (Lipinski definition) is 1. The molecule has 1 N–H and O–H groups in total. The Morgan fingerprint density at radius 3 is 2.56 bits per heavy atom. The average Bonchev–Trinajstić information content (AvgIpc) is 2.82. The first-order valence-electron chi connectivity index (χ1n) is 10.1. The lowest BCUT2D eigenvalue weighted by Gasteiger charge is -2.26. The average molecular weight is 470 g/mol. The molecule has 0 radical (unpaired) electrons. The summed E-state index contributed by atoms with van der Waals surface area (Å²) >= 11 is 1.40. The van der Waals surface area contributed by atoms with Gasteiger partial charge in [0.05, 0.1) is 23.7 Å². The van der Waals surface area contributed by atoms with E-state index in [2.05, 4.69) is 10.3 Å². The van der Waals surface area contributed by atoms with Crippen molar-refractivity contribution in [3.8, 4) is 0 Å². The molecule has 4 rings (SSSR count).